The van der Waals surface area contributed by atoms with Gasteiger partial charge in [0.1, 0.15) is 6.07 Å². The number of nitriles is 1. The smallest absolute Gasteiger partial charge is 0.166 e. The zero-order valence-corrected chi connectivity index (χ0v) is 8.40. The van der Waals surface area contributed by atoms with Crippen molar-refractivity contribution in [2.45, 2.75) is 18.9 Å². The van der Waals surface area contributed by atoms with Gasteiger partial charge in [-0.3, -0.25) is 0 Å². The number of aromatic nitrogens is 2. The molecule has 2 N–H and O–H groups in total. The maximum Gasteiger partial charge on any atom is 0.166 e. The van der Waals surface area contributed by atoms with Crippen molar-refractivity contribution in [2.75, 3.05) is 18.4 Å². The third-order valence-electron chi connectivity index (χ3n) is 2.27. The van der Waals surface area contributed by atoms with Gasteiger partial charge in [0.05, 0.1) is 11.8 Å². The molecule has 5 heteroatoms. The third kappa shape index (κ3) is 2.89. The second kappa shape index (κ2) is 4.71. The first-order valence-corrected chi connectivity index (χ1v) is 5.09. The van der Waals surface area contributed by atoms with E-state index in [0.717, 1.165) is 13.1 Å². The predicted molar refractivity (Wildman–Crippen MR) is 56.3 cm³/mol. The van der Waals surface area contributed by atoms with Gasteiger partial charge in [-0.15, -0.1) is 5.10 Å². The van der Waals surface area contributed by atoms with Crippen LogP contribution in [0.1, 0.15) is 18.4 Å². The van der Waals surface area contributed by atoms with Crippen LogP contribution in [0.15, 0.2) is 12.3 Å². The Labute approximate surface area is 88.5 Å². The standard InChI is InChI=1S/C10H13N5/c11-7-8-3-4-14-15-10(8)13-6-5-12-9-1-2-9/h3-4,9,12H,1-2,5-6H2,(H,13,15). The lowest BCUT2D eigenvalue weighted by Gasteiger charge is -2.06. The molecule has 0 aliphatic heterocycles. The first-order valence-electron chi connectivity index (χ1n) is 5.09. The molecule has 78 valence electrons. The minimum Gasteiger partial charge on any atom is -0.366 e. The van der Waals surface area contributed by atoms with E-state index in [2.05, 4.69) is 26.9 Å². The molecular formula is C10H13N5. The van der Waals surface area contributed by atoms with Gasteiger partial charge in [-0.25, -0.2) is 0 Å². The van der Waals surface area contributed by atoms with E-state index in [0.29, 0.717) is 17.4 Å². The molecule has 0 saturated heterocycles. The summed E-state index contributed by atoms with van der Waals surface area (Å²) in [5.74, 6) is 0.567. The Kier molecular flexibility index (Phi) is 3.10. The van der Waals surface area contributed by atoms with Crippen LogP contribution in [-0.4, -0.2) is 29.3 Å². The molecule has 1 heterocycles. The highest BCUT2D eigenvalue weighted by atomic mass is 15.2. The van der Waals surface area contributed by atoms with E-state index in [4.69, 9.17) is 5.26 Å². The van der Waals surface area contributed by atoms with E-state index < -0.39 is 0 Å². The molecule has 0 atom stereocenters. The minimum atomic E-state index is 0.538. The summed E-state index contributed by atoms with van der Waals surface area (Å²) < 4.78 is 0. The molecular weight excluding hydrogens is 190 g/mol. The number of nitrogens with zero attached hydrogens (tertiary/aromatic N) is 3. The van der Waals surface area contributed by atoms with Gasteiger partial charge in [0, 0.05) is 19.1 Å². The van der Waals surface area contributed by atoms with Crippen LogP contribution in [0.25, 0.3) is 0 Å². The van der Waals surface area contributed by atoms with Crippen molar-refractivity contribution in [3.05, 3.63) is 17.8 Å². The molecule has 15 heavy (non-hydrogen) atoms. The fraction of sp³-hybridized carbons (Fsp3) is 0.500. The minimum absolute atomic E-state index is 0.538. The Morgan fingerprint density at radius 3 is 3.07 bits per heavy atom. The fourth-order valence-electron chi connectivity index (χ4n) is 1.30. The van der Waals surface area contributed by atoms with Crippen LogP contribution in [0.5, 0.6) is 0 Å². The van der Waals surface area contributed by atoms with Gasteiger partial charge >= 0.3 is 0 Å². The molecule has 1 aliphatic rings. The van der Waals surface area contributed by atoms with Crippen molar-refractivity contribution in [3.8, 4) is 6.07 Å². The van der Waals surface area contributed by atoms with E-state index in [-0.39, 0.29) is 0 Å². The fourth-order valence-corrected chi connectivity index (χ4v) is 1.30. The Balaban J connectivity index is 1.79. The van der Waals surface area contributed by atoms with Crippen LogP contribution < -0.4 is 10.6 Å². The van der Waals surface area contributed by atoms with Crippen LogP contribution in [0, 0.1) is 11.3 Å². The molecule has 0 aromatic carbocycles. The van der Waals surface area contributed by atoms with Crippen molar-refractivity contribution in [2.24, 2.45) is 0 Å². The van der Waals surface area contributed by atoms with Gasteiger partial charge in [0.2, 0.25) is 0 Å². The Hall–Kier alpha value is -1.67. The molecule has 0 bridgehead atoms. The first kappa shape index (κ1) is 9.87. The highest BCUT2D eigenvalue weighted by molar-refractivity contribution is 5.49. The van der Waals surface area contributed by atoms with Crippen molar-refractivity contribution in [1.82, 2.24) is 15.5 Å². The van der Waals surface area contributed by atoms with Crippen LogP contribution >= 0.6 is 0 Å². The number of rotatable bonds is 5. The number of anilines is 1. The van der Waals surface area contributed by atoms with E-state index in [1.807, 2.05) is 0 Å². The molecule has 1 fully saturated rings. The Morgan fingerprint density at radius 1 is 1.47 bits per heavy atom. The number of hydrogen-bond acceptors (Lipinski definition) is 5. The summed E-state index contributed by atoms with van der Waals surface area (Å²) in [5.41, 5.74) is 0.538. The van der Waals surface area contributed by atoms with E-state index in [1.165, 1.54) is 19.0 Å². The summed E-state index contributed by atoms with van der Waals surface area (Å²) in [6.07, 6.45) is 4.09. The quantitative estimate of drug-likeness (QED) is 0.682. The maximum absolute atomic E-state index is 8.80. The lowest BCUT2D eigenvalue weighted by Crippen LogP contribution is -2.24. The lowest BCUT2D eigenvalue weighted by molar-refractivity contribution is 0.700. The predicted octanol–water partition coefficient (Wildman–Crippen LogP) is 0.512. The average molecular weight is 203 g/mol. The Morgan fingerprint density at radius 2 is 2.33 bits per heavy atom. The van der Waals surface area contributed by atoms with Gasteiger partial charge in [0.25, 0.3) is 0 Å². The van der Waals surface area contributed by atoms with Gasteiger partial charge in [-0.2, -0.15) is 10.4 Å². The monoisotopic (exact) mass is 203 g/mol. The molecule has 0 radical (unpaired) electrons. The van der Waals surface area contributed by atoms with Gasteiger partial charge < -0.3 is 10.6 Å². The largest absolute Gasteiger partial charge is 0.366 e. The molecule has 5 nitrogen and oxygen atoms in total. The molecule has 1 aromatic heterocycles. The lowest BCUT2D eigenvalue weighted by atomic mass is 10.3. The second-order valence-corrected chi connectivity index (χ2v) is 3.56. The summed E-state index contributed by atoms with van der Waals surface area (Å²) in [4.78, 5) is 0. The highest BCUT2D eigenvalue weighted by Crippen LogP contribution is 2.17. The molecule has 1 aromatic rings. The molecule has 1 saturated carbocycles. The molecule has 1 aliphatic carbocycles. The van der Waals surface area contributed by atoms with E-state index >= 15 is 0 Å². The highest BCUT2D eigenvalue weighted by Gasteiger charge is 2.19. The van der Waals surface area contributed by atoms with Crippen molar-refractivity contribution >= 4 is 5.82 Å². The maximum atomic E-state index is 8.80. The van der Waals surface area contributed by atoms with Crippen LogP contribution in [0.3, 0.4) is 0 Å². The number of nitrogens with one attached hydrogen (secondary N) is 2. The molecule has 2 rings (SSSR count). The zero-order chi connectivity index (χ0) is 10.5. The van der Waals surface area contributed by atoms with Gasteiger partial charge in [-0.1, -0.05) is 0 Å². The van der Waals surface area contributed by atoms with Crippen molar-refractivity contribution < 1.29 is 0 Å². The third-order valence-corrected chi connectivity index (χ3v) is 2.27. The summed E-state index contributed by atoms with van der Waals surface area (Å²) in [7, 11) is 0. The SMILES string of the molecule is N#Cc1ccnnc1NCCNC1CC1. The summed E-state index contributed by atoms with van der Waals surface area (Å²) in [6.45, 7) is 1.66. The topological polar surface area (TPSA) is 73.6 Å². The molecule has 0 spiro atoms. The van der Waals surface area contributed by atoms with Gasteiger partial charge in [-0.05, 0) is 18.9 Å². The summed E-state index contributed by atoms with van der Waals surface area (Å²) in [5, 5.41) is 22.9. The zero-order valence-electron chi connectivity index (χ0n) is 8.40. The second-order valence-electron chi connectivity index (χ2n) is 3.56. The molecule has 0 unspecified atom stereocenters. The van der Waals surface area contributed by atoms with Crippen LogP contribution in [0.4, 0.5) is 5.82 Å². The summed E-state index contributed by atoms with van der Waals surface area (Å²) in [6, 6.07) is 4.44. The van der Waals surface area contributed by atoms with Crippen molar-refractivity contribution in [1.29, 1.82) is 5.26 Å². The van der Waals surface area contributed by atoms with Crippen LogP contribution in [-0.2, 0) is 0 Å². The van der Waals surface area contributed by atoms with Gasteiger partial charge in [0.15, 0.2) is 5.82 Å². The number of hydrogen-bond donors (Lipinski definition) is 2. The van der Waals surface area contributed by atoms with E-state index in [1.54, 1.807) is 6.07 Å². The summed E-state index contributed by atoms with van der Waals surface area (Å²) >= 11 is 0. The normalized spacial score (nSPS) is 14.6. The Bertz CT molecular complexity index is 366. The average Bonchev–Trinajstić information content (AvgIpc) is 3.09. The van der Waals surface area contributed by atoms with Crippen molar-refractivity contribution in [3.63, 3.8) is 0 Å². The molecule has 0 amide bonds. The first-order chi connectivity index (χ1) is 7.40. The van der Waals surface area contributed by atoms with Crippen LogP contribution in [0.2, 0.25) is 0 Å². The van der Waals surface area contributed by atoms with E-state index in [9.17, 15) is 0 Å².